The van der Waals surface area contributed by atoms with Gasteiger partial charge >= 0.3 is 5.76 Å². The highest BCUT2D eigenvalue weighted by molar-refractivity contribution is 6.31. The van der Waals surface area contributed by atoms with Crippen LogP contribution in [0.5, 0.6) is 0 Å². The van der Waals surface area contributed by atoms with Crippen LogP contribution >= 0.6 is 11.6 Å². The molecule has 0 amide bonds. The molecule has 6 heteroatoms. The van der Waals surface area contributed by atoms with Gasteiger partial charge in [-0.25, -0.2) is 9.18 Å². The summed E-state index contributed by atoms with van der Waals surface area (Å²) in [6.45, 7) is 0.635. The summed E-state index contributed by atoms with van der Waals surface area (Å²) in [5.74, 6) is 0.227. The van der Waals surface area contributed by atoms with Crippen molar-refractivity contribution < 1.29 is 8.91 Å². The van der Waals surface area contributed by atoms with E-state index in [0.29, 0.717) is 29.7 Å². The highest BCUT2D eigenvalue weighted by atomic mass is 35.5. The van der Waals surface area contributed by atoms with E-state index in [1.807, 2.05) is 0 Å². The summed E-state index contributed by atoms with van der Waals surface area (Å²) in [6, 6.07) is 4.23. The third-order valence-electron chi connectivity index (χ3n) is 4.29. The van der Waals surface area contributed by atoms with Crippen molar-refractivity contribution in [2.45, 2.75) is 45.1 Å². The molecule has 0 unspecified atom stereocenters. The Hall–Kier alpha value is -1.62. The van der Waals surface area contributed by atoms with E-state index in [0.717, 1.165) is 18.4 Å². The fourth-order valence-electron chi connectivity index (χ4n) is 3.07. The largest absolute Gasteiger partial charge is 0.441 e. The average molecular weight is 325 g/mol. The SMILES string of the molecule is O=c1onc(Cc2ccc(F)cc2Cl)n1CC1CCCCC1. The van der Waals surface area contributed by atoms with Gasteiger partial charge < -0.3 is 0 Å². The van der Waals surface area contributed by atoms with Gasteiger partial charge in [0.05, 0.1) is 0 Å². The van der Waals surface area contributed by atoms with Crippen LogP contribution in [0.3, 0.4) is 0 Å². The number of halogens is 2. The zero-order valence-corrected chi connectivity index (χ0v) is 13.0. The number of aromatic nitrogens is 2. The van der Waals surface area contributed by atoms with Gasteiger partial charge in [0.1, 0.15) is 5.82 Å². The second-order valence-electron chi connectivity index (χ2n) is 5.89. The van der Waals surface area contributed by atoms with Crippen LogP contribution in [0.1, 0.15) is 43.5 Å². The van der Waals surface area contributed by atoms with Crippen molar-refractivity contribution in [3.8, 4) is 0 Å². The third kappa shape index (κ3) is 3.40. The van der Waals surface area contributed by atoms with E-state index in [1.165, 1.54) is 31.4 Å². The summed E-state index contributed by atoms with van der Waals surface area (Å²) < 4.78 is 19.5. The Morgan fingerprint density at radius 2 is 2.09 bits per heavy atom. The lowest BCUT2D eigenvalue weighted by molar-refractivity contribution is 0.303. The molecule has 1 aliphatic carbocycles. The maximum Gasteiger partial charge on any atom is 0.441 e. The fourth-order valence-corrected chi connectivity index (χ4v) is 3.30. The highest BCUT2D eigenvalue weighted by Crippen LogP contribution is 2.25. The molecule has 0 N–H and O–H groups in total. The predicted molar refractivity (Wildman–Crippen MR) is 81.6 cm³/mol. The minimum absolute atomic E-state index is 0.333. The minimum atomic E-state index is -0.432. The Balaban J connectivity index is 1.80. The van der Waals surface area contributed by atoms with E-state index in [4.69, 9.17) is 16.1 Å². The van der Waals surface area contributed by atoms with E-state index in [1.54, 1.807) is 10.6 Å². The molecule has 0 atom stereocenters. The second-order valence-corrected chi connectivity index (χ2v) is 6.30. The lowest BCUT2D eigenvalue weighted by Crippen LogP contribution is -2.23. The second kappa shape index (κ2) is 6.65. The third-order valence-corrected chi connectivity index (χ3v) is 4.64. The van der Waals surface area contributed by atoms with Gasteiger partial charge in [-0.2, -0.15) is 0 Å². The lowest BCUT2D eigenvalue weighted by atomic mass is 9.89. The van der Waals surface area contributed by atoms with Crippen molar-refractivity contribution in [3.05, 3.63) is 51.0 Å². The maximum atomic E-state index is 13.1. The average Bonchev–Trinajstić information content (AvgIpc) is 2.84. The van der Waals surface area contributed by atoms with E-state index >= 15 is 0 Å². The van der Waals surface area contributed by atoms with Crippen LogP contribution < -0.4 is 5.76 Å². The van der Waals surface area contributed by atoms with Crippen molar-refractivity contribution >= 4 is 11.6 Å². The zero-order chi connectivity index (χ0) is 15.5. The van der Waals surface area contributed by atoms with Gasteiger partial charge in [-0.15, -0.1) is 0 Å². The van der Waals surface area contributed by atoms with E-state index < -0.39 is 5.76 Å². The fraction of sp³-hybridized carbons (Fsp3) is 0.500. The number of rotatable bonds is 4. The topological polar surface area (TPSA) is 48.0 Å². The van der Waals surface area contributed by atoms with Crippen LogP contribution in [0.15, 0.2) is 27.5 Å². The molecular weight excluding hydrogens is 307 g/mol. The molecule has 0 bridgehead atoms. The quantitative estimate of drug-likeness (QED) is 0.859. The molecule has 1 aromatic heterocycles. The van der Waals surface area contributed by atoms with Crippen molar-refractivity contribution in [2.75, 3.05) is 0 Å². The number of nitrogens with zero attached hydrogens (tertiary/aromatic N) is 2. The van der Waals surface area contributed by atoms with Crippen LogP contribution in [0, 0.1) is 11.7 Å². The normalized spacial score (nSPS) is 16.1. The standard InChI is InChI=1S/C16H18ClFN2O2/c17-14-9-13(18)7-6-12(14)8-15-19-22-16(21)20(15)10-11-4-2-1-3-5-11/h6-7,9,11H,1-5,8,10H2. The Bertz CT molecular complexity index is 704. The highest BCUT2D eigenvalue weighted by Gasteiger charge is 2.19. The predicted octanol–water partition coefficient (Wildman–Crippen LogP) is 3.80. The van der Waals surface area contributed by atoms with Crippen LogP contribution in [-0.4, -0.2) is 9.72 Å². The van der Waals surface area contributed by atoms with Crippen LogP contribution in [0.25, 0.3) is 0 Å². The molecule has 2 aromatic rings. The Morgan fingerprint density at radius 3 is 2.82 bits per heavy atom. The molecular formula is C16H18ClFN2O2. The Kier molecular flexibility index (Phi) is 4.62. The first-order chi connectivity index (χ1) is 10.6. The molecule has 1 aromatic carbocycles. The first-order valence-corrected chi connectivity index (χ1v) is 8.00. The van der Waals surface area contributed by atoms with E-state index in [2.05, 4.69) is 5.16 Å². The van der Waals surface area contributed by atoms with Gasteiger partial charge in [-0.3, -0.25) is 9.09 Å². The first kappa shape index (κ1) is 15.3. The van der Waals surface area contributed by atoms with Gasteiger partial charge in [0, 0.05) is 18.0 Å². The summed E-state index contributed by atoms with van der Waals surface area (Å²) in [6.07, 6.45) is 6.32. The van der Waals surface area contributed by atoms with Gasteiger partial charge in [0.15, 0.2) is 5.82 Å². The molecule has 0 spiro atoms. The van der Waals surface area contributed by atoms with E-state index in [9.17, 15) is 9.18 Å². The van der Waals surface area contributed by atoms with Crippen LogP contribution in [0.2, 0.25) is 5.02 Å². The van der Waals surface area contributed by atoms with Crippen LogP contribution in [-0.2, 0) is 13.0 Å². The zero-order valence-electron chi connectivity index (χ0n) is 12.2. The summed E-state index contributed by atoms with van der Waals surface area (Å²) >= 11 is 6.04. The summed E-state index contributed by atoms with van der Waals surface area (Å²) in [7, 11) is 0. The number of hydrogen-bond donors (Lipinski definition) is 0. The molecule has 0 aliphatic heterocycles. The molecule has 0 saturated heterocycles. The smallest absolute Gasteiger partial charge is 0.296 e. The molecule has 1 aliphatic rings. The molecule has 1 heterocycles. The number of benzene rings is 1. The Labute approximate surface area is 132 Å². The number of hydrogen-bond acceptors (Lipinski definition) is 3. The van der Waals surface area contributed by atoms with Crippen molar-refractivity contribution in [1.82, 2.24) is 9.72 Å². The van der Waals surface area contributed by atoms with E-state index in [-0.39, 0.29) is 5.82 Å². The van der Waals surface area contributed by atoms with Crippen molar-refractivity contribution in [3.63, 3.8) is 0 Å². The molecule has 3 rings (SSSR count). The van der Waals surface area contributed by atoms with Crippen LogP contribution in [0.4, 0.5) is 4.39 Å². The Morgan fingerprint density at radius 1 is 1.32 bits per heavy atom. The molecule has 0 radical (unpaired) electrons. The van der Waals surface area contributed by atoms with Gasteiger partial charge in [-0.1, -0.05) is 42.1 Å². The molecule has 22 heavy (non-hydrogen) atoms. The lowest BCUT2D eigenvalue weighted by Gasteiger charge is -2.21. The summed E-state index contributed by atoms with van der Waals surface area (Å²) in [5, 5.41) is 4.20. The van der Waals surface area contributed by atoms with Gasteiger partial charge in [0.25, 0.3) is 0 Å². The van der Waals surface area contributed by atoms with Crippen molar-refractivity contribution in [2.24, 2.45) is 5.92 Å². The van der Waals surface area contributed by atoms with Gasteiger partial charge in [-0.05, 0) is 36.5 Å². The first-order valence-electron chi connectivity index (χ1n) is 7.63. The molecule has 1 saturated carbocycles. The minimum Gasteiger partial charge on any atom is -0.296 e. The van der Waals surface area contributed by atoms with Crippen molar-refractivity contribution in [1.29, 1.82) is 0 Å². The monoisotopic (exact) mass is 324 g/mol. The molecule has 1 fully saturated rings. The molecule has 4 nitrogen and oxygen atoms in total. The summed E-state index contributed by atoms with van der Waals surface area (Å²) in [4.78, 5) is 11.9. The molecule has 118 valence electrons. The maximum absolute atomic E-state index is 13.1. The van der Waals surface area contributed by atoms with Gasteiger partial charge in [0.2, 0.25) is 0 Å². The summed E-state index contributed by atoms with van der Waals surface area (Å²) in [5.41, 5.74) is 0.730.